The molecule has 0 unspecified atom stereocenters. The van der Waals surface area contributed by atoms with E-state index in [0.717, 1.165) is 32.1 Å². The molecule has 3 N–H and O–H groups in total. The molecule has 0 aliphatic rings. The molecule has 0 aromatic rings. The predicted octanol–water partition coefficient (Wildman–Crippen LogP) is 7.75. The number of aliphatic carboxylic acids is 1. The Morgan fingerprint density at radius 1 is 0.581 bits per heavy atom. The molecule has 0 fully saturated rings. The van der Waals surface area contributed by atoms with Crippen LogP contribution in [0.15, 0.2) is 0 Å². The fourth-order valence-corrected chi connectivity index (χ4v) is 2.88. The van der Waals surface area contributed by atoms with Crippen LogP contribution < -0.4 is 0 Å². The van der Waals surface area contributed by atoms with E-state index in [-0.39, 0.29) is 40.8 Å². The smallest absolute Gasteiger partial charge is 0.309 e. The van der Waals surface area contributed by atoms with Crippen LogP contribution in [0.3, 0.4) is 0 Å². The molecule has 188 valence electrons. The van der Waals surface area contributed by atoms with Gasteiger partial charge in [-0.15, -0.1) is 0 Å². The van der Waals surface area contributed by atoms with Crippen LogP contribution in [-0.4, -0.2) is 34.5 Å². The van der Waals surface area contributed by atoms with E-state index >= 15 is 0 Å². The van der Waals surface area contributed by atoms with Crippen LogP contribution in [0.4, 0.5) is 0 Å². The topological polar surface area (TPSA) is 77.8 Å². The van der Waals surface area contributed by atoms with Crippen molar-refractivity contribution in [2.24, 2.45) is 5.41 Å². The van der Waals surface area contributed by atoms with Crippen molar-refractivity contribution in [3.05, 3.63) is 0 Å². The largest absolute Gasteiger partial charge is 0.481 e. The molecule has 0 atom stereocenters. The van der Waals surface area contributed by atoms with Gasteiger partial charge in [-0.1, -0.05) is 111 Å². The van der Waals surface area contributed by atoms with Crippen LogP contribution in [0.2, 0.25) is 0 Å². The predicted molar refractivity (Wildman–Crippen MR) is 131 cm³/mol. The van der Waals surface area contributed by atoms with Crippen molar-refractivity contribution in [3.8, 4) is 0 Å². The van der Waals surface area contributed by atoms with E-state index in [2.05, 4.69) is 20.8 Å². The van der Waals surface area contributed by atoms with Crippen molar-refractivity contribution in [1.29, 1.82) is 0 Å². The Morgan fingerprint density at radius 2 is 0.871 bits per heavy atom. The van der Waals surface area contributed by atoms with Crippen molar-refractivity contribution < 1.29 is 61.0 Å². The summed E-state index contributed by atoms with van der Waals surface area (Å²) in [6.07, 6.45) is 20.4. The van der Waals surface area contributed by atoms with Gasteiger partial charge in [-0.3, -0.25) is 4.79 Å². The number of aliphatic hydroxyl groups excluding tert-OH is 2. The van der Waals surface area contributed by atoms with Crippen molar-refractivity contribution >= 4 is 5.97 Å². The summed E-state index contributed by atoms with van der Waals surface area (Å²) in [6, 6.07) is 0. The maximum atomic E-state index is 10.7. The standard InChI is InChI=1S/C10H20O2.2C8H18O.Nd/c1-4-5-6-7-8-10(2,3)9(11)12;2*1-2-3-4-5-6-7-8-9;/h4-8H2,1-3H3,(H,11,12);2*9H,2-8H2,1H3;. The summed E-state index contributed by atoms with van der Waals surface area (Å²) < 4.78 is 0. The molecular formula is C26H56NdO4. The molecule has 0 bridgehead atoms. The molecule has 0 heterocycles. The molecule has 0 spiro atoms. The molecule has 5 heteroatoms. The molecule has 0 amide bonds. The third-order valence-electron chi connectivity index (χ3n) is 5.26. The average molecular weight is 577 g/mol. The van der Waals surface area contributed by atoms with Crippen LogP contribution in [0.5, 0.6) is 0 Å². The Balaban J connectivity index is -0.000000176. The van der Waals surface area contributed by atoms with Crippen molar-refractivity contribution in [2.45, 2.75) is 144 Å². The molecule has 4 nitrogen and oxygen atoms in total. The number of carboxylic acids is 1. The number of rotatable bonds is 18. The molecular weight excluding hydrogens is 521 g/mol. The van der Waals surface area contributed by atoms with Gasteiger partial charge in [0.25, 0.3) is 0 Å². The first-order valence-electron chi connectivity index (χ1n) is 12.8. The molecule has 0 saturated heterocycles. The summed E-state index contributed by atoms with van der Waals surface area (Å²) in [5.41, 5.74) is -0.534. The Kier molecular flexibility index (Phi) is 41.4. The molecule has 0 aromatic carbocycles. The van der Waals surface area contributed by atoms with Gasteiger partial charge in [0.2, 0.25) is 0 Å². The van der Waals surface area contributed by atoms with E-state index in [0.29, 0.717) is 13.2 Å². The normalized spacial score (nSPS) is 10.3. The third kappa shape index (κ3) is 38.3. The van der Waals surface area contributed by atoms with Gasteiger partial charge in [-0.05, 0) is 33.1 Å². The summed E-state index contributed by atoms with van der Waals surface area (Å²) >= 11 is 0. The zero-order valence-electron chi connectivity index (χ0n) is 21.7. The first kappa shape index (κ1) is 39.0. The summed E-state index contributed by atoms with van der Waals surface area (Å²) in [5, 5.41) is 25.6. The minimum atomic E-state index is -0.681. The maximum absolute atomic E-state index is 10.7. The van der Waals surface area contributed by atoms with E-state index in [1.54, 1.807) is 13.8 Å². The van der Waals surface area contributed by atoms with Gasteiger partial charge in [0.05, 0.1) is 5.41 Å². The second-order valence-corrected chi connectivity index (χ2v) is 8.98. The van der Waals surface area contributed by atoms with Crippen molar-refractivity contribution in [2.75, 3.05) is 13.2 Å². The molecule has 0 aliphatic carbocycles. The van der Waals surface area contributed by atoms with Crippen molar-refractivity contribution in [3.63, 3.8) is 0 Å². The van der Waals surface area contributed by atoms with Crippen LogP contribution >= 0.6 is 0 Å². The van der Waals surface area contributed by atoms with Gasteiger partial charge >= 0.3 is 5.97 Å². The van der Waals surface area contributed by atoms with Crippen LogP contribution in [0.1, 0.15) is 144 Å². The van der Waals surface area contributed by atoms with E-state index in [1.165, 1.54) is 77.0 Å². The summed E-state index contributed by atoms with van der Waals surface area (Å²) in [6.45, 7) is 10.9. The van der Waals surface area contributed by atoms with Crippen LogP contribution in [0, 0.1) is 46.3 Å². The SMILES string of the molecule is CCCCCCC(C)(C)C(=O)O.CCCCCCCCO.CCCCCCCCO.[Nd]. The number of carbonyl (C=O) groups is 1. The zero-order chi connectivity index (χ0) is 23.5. The minimum absolute atomic E-state index is 0. The van der Waals surface area contributed by atoms with Gasteiger partial charge in [0.15, 0.2) is 0 Å². The van der Waals surface area contributed by atoms with Crippen LogP contribution in [0.25, 0.3) is 0 Å². The van der Waals surface area contributed by atoms with Crippen LogP contribution in [-0.2, 0) is 4.79 Å². The molecule has 0 rings (SSSR count). The number of aliphatic hydroxyl groups is 2. The van der Waals surface area contributed by atoms with E-state index < -0.39 is 11.4 Å². The second-order valence-electron chi connectivity index (χ2n) is 8.98. The molecule has 0 aliphatic heterocycles. The number of carboxylic acid groups (broad SMARTS) is 1. The summed E-state index contributed by atoms with van der Waals surface area (Å²) in [4.78, 5) is 10.7. The Hall–Kier alpha value is 0.741. The minimum Gasteiger partial charge on any atom is -0.481 e. The van der Waals surface area contributed by atoms with Gasteiger partial charge < -0.3 is 15.3 Å². The summed E-state index contributed by atoms with van der Waals surface area (Å²) in [5.74, 6) is -0.681. The quantitative estimate of drug-likeness (QED) is 0.146. The van der Waals surface area contributed by atoms with E-state index in [1.807, 2.05) is 0 Å². The Bertz CT molecular complexity index is 297. The van der Waals surface area contributed by atoms with Gasteiger partial charge in [-0.2, -0.15) is 0 Å². The second kappa shape index (κ2) is 32.9. The fraction of sp³-hybridized carbons (Fsp3) is 0.962. The molecule has 0 saturated carbocycles. The average Bonchev–Trinajstić information content (AvgIpc) is 2.72. The Morgan fingerprint density at radius 3 is 1.16 bits per heavy atom. The number of hydrogen-bond acceptors (Lipinski definition) is 3. The third-order valence-corrected chi connectivity index (χ3v) is 5.26. The van der Waals surface area contributed by atoms with Crippen molar-refractivity contribution in [1.82, 2.24) is 0 Å². The van der Waals surface area contributed by atoms with Gasteiger partial charge in [0.1, 0.15) is 0 Å². The van der Waals surface area contributed by atoms with Gasteiger partial charge in [0, 0.05) is 54.1 Å². The first-order valence-corrected chi connectivity index (χ1v) is 12.8. The van der Waals surface area contributed by atoms with E-state index in [9.17, 15) is 4.79 Å². The Labute approximate surface area is 227 Å². The fourth-order valence-electron chi connectivity index (χ4n) is 2.88. The van der Waals surface area contributed by atoms with E-state index in [4.69, 9.17) is 15.3 Å². The summed E-state index contributed by atoms with van der Waals surface area (Å²) in [7, 11) is 0. The molecule has 0 radical (unpaired) electrons. The van der Waals surface area contributed by atoms with Gasteiger partial charge in [-0.25, -0.2) is 0 Å². The monoisotopic (exact) mass is 574 g/mol. The first-order chi connectivity index (χ1) is 14.3. The zero-order valence-corrected chi connectivity index (χ0v) is 24.9. The maximum Gasteiger partial charge on any atom is 0.309 e. The molecule has 0 aromatic heterocycles. The number of unbranched alkanes of at least 4 members (excludes halogenated alkanes) is 13. The number of hydrogen-bond donors (Lipinski definition) is 3. The molecule has 31 heavy (non-hydrogen) atoms.